The number of carbonyl (C=O) groups excluding carboxylic acids is 1. The van der Waals surface area contributed by atoms with Gasteiger partial charge in [-0.1, -0.05) is 60.7 Å². The van der Waals surface area contributed by atoms with Gasteiger partial charge in [0.15, 0.2) is 0 Å². The smallest absolute Gasteiger partial charge is 0.224 e. The van der Waals surface area contributed by atoms with E-state index in [1.807, 2.05) is 62.6 Å². The van der Waals surface area contributed by atoms with Crippen LogP contribution < -0.4 is 10.1 Å². The molecule has 0 heterocycles. The number of para-hydroxylation sites is 1. The van der Waals surface area contributed by atoms with Crippen LogP contribution in [-0.2, 0) is 11.2 Å². The highest BCUT2D eigenvalue weighted by atomic mass is 16.5. The molecule has 3 rings (SSSR count). The molecule has 1 N–H and O–H groups in total. The van der Waals surface area contributed by atoms with Crippen molar-refractivity contribution in [2.75, 3.05) is 27.7 Å². The molecule has 0 aromatic heterocycles. The van der Waals surface area contributed by atoms with Crippen LogP contribution in [0, 0.1) is 0 Å². The first-order chi connectivity index (χ1) is 13.1. The molecule has 1 amide bonds. The number of fused-ring (bicyclic) bond motifs is 1. The van der Waals surface area contributed by atoms with E-state index in [1.54, 1.807) is 7.11 Å². The van der Waals surface area contributed by atoms with Crippen molar-refractivity contribution < 1.29 is 9.53 Å². The standard InChI is InChI=1S/C23H26N2O2/c1-25(2)21(20-13-6-7-14-22(20)27-3)16-24-23(26)15-18-11-8-10-17-9-4-5-12-19(17)18/h4-14,21H,15-16H2,1-3H3,(H,24,26). The highest BCUT2D eigenvalue weighted by Crippen LogP contribution is 2.27. The number of hydrogen-bond donors (Lipinski definition) is 1. The molecule has 0 fully saturated rings. The van der Waals surface area contributed by atoms with E-state index < -0.39 is 0 Å². The minimum Gasteiger partial charge on any atom is -0.496 e. The van der Waals surface area contributed by atoms with Crippen molar-refractivity contribution in [3.8, 4) is 5.75 Å². The number of rotatable bonds is 7. The predicted octanol–water partition coefficient (Wildman–Crippen LogP) is 3.81. The van der Waals surface area contributed by atoms with E-state index in [9.17, 15) is 4.79 Å². The maximum absolute atomic E-state index is 12.6. The van der Waals surface area contributed by atoms with Crippen LogP contribution in [0.2, 0.25) is 0 Å². The first-order valence-corrected chi connectivity index (χ1v) is 9.13. The average molecular weight is 362 g/mol. The lowest BCUT2D eigenvalue weighted by Crippen LogP contribution is -2.35. The van der Waals surface area contributed by atoms with E-state index in [2.05, 4.69) is 28.4 Å². The highest BCUT2D eigenvalue weighted by Gasteiger charge is 2.19. The fourth-order valence-corrected chi connectivity index (χ4v) is 3.41. The second kappa shape index (κ2) is 8.69. The van der Waals surface area contributed by atoms with Crippen LogP contribution in [0.15, 0.2) is 66.7 Å². The molecule has 1 atom stereocenters. The number of methoxy groups -OCH3 is 1. The van der Waals surface area contributed by atoms with Crippen molar-refractivity contribution in [2.45, 2.75) is 12.5 Å². The number of hydrogen-bond acceptors (Lipinski definition) is 3. The summed E-state index contributed by atoms with van der Waals surface area (Å²) in [5.41, 5.74) is 2.11. The van der Waals surface area contributed by atoms with E-state index in [4.69, 9.17) is 4.74 Å². The SMILES string of the molecule is COc1ccccc1C(CNC(=O)Cc1cccc2ccccc12)N(C)C. The summed E-state index contributed by atoms with van der Waals surface area (Å²) in [6.45, 7) is 0.525. The fourth-order valence-electron chi connectivity index (χ4n) is 3.41. The Hall–Kier alpha value is -2.85. The molecule has 0 aliphatic rings. The summed E-state index contributed by atoms with van der Waals surface area (Å²) in [7, 11) is 5.69. The van der Waals surface area contributed by atoms with Crippen molar-refractivity contribution in [1.29, 1.82) is 0 Å². The zero-order valence-corrected chi connectivity index (χ0v) is 16.1. The van der Waals surface area contributed by atoms with E-state index in [1.165, 1.54) is 0 Å². The zero-order chi connectivity index (χ0) is 19.2. The quantitative estimate of drug-likeness (QED) is 0.695. The predicted molar refractivity (Wildman–Crippen MR) is 110 cm³/mol. The minimum absolute atomic E-state index is 0.0214. The molecule has 1 unspecified atom stereocenters. The number of ether oxygens (including phenoxy) is 1. The van der Waals surface area contributed by atoms with Gasteiger partial charge in [0.1, 0.15) is 5.75 Å². The molecule has 0 bridgehead atoms. The minimum atomic E-state index is 0.0214. The maximum atomic E-state index is 12.6. The fraction of sp³-hybridized carbons (Fsp3) is 0.261. The van der Waals surface area contributed by atoms with E-state index in [0.29, 0.717) is 13.0 Å². The number of nitrogens with zero attached hydrogens (tertiary/aromatic N) is 1. The van der Waals surface area contributed by atoms with Gasteiger partial charge >= 0.3 is 0 Å². The lowest BCUT2D eigenvalue weighted by molar-refractivity contribution is -0.120. The van der Waals surface area contributed by atoms with Gasteiger partial charge in [0.05, 0.1) is 19.6 Å². The van der Waals surface area contributed by atoms with Crippen molar-refractivity contribution in [3.05, 3.63) is 77.9 Å². The van der Waals surface area contributed by atoms with Gasteiger partial charge in [-0.3, -0.25) is 4.79 Å². The second-order valence-electron chi connectivity index (χ2n) is 6.84. The summed E-state index contributed by atoms with van der Waals surface area (Å²) in [5.74, 6) is 0.854. The van der Waals surface area contributed by atoms with Gasteiger partial charge in [0, 0.05) is 12.1 Å². The number of nitrogens with one attached hydrogen (secondary N) is 1. The third-order valence-corrected chi connectivity index (χ3v) is 4.84. The van der Waals surface area contributed by atoms with Crippen molar-refractivity contribution >= 4 is 16.7 Å². The van der Waals surface area contributed by atoms with Crippen molar-refractivity contribution in [2.24, 2.45) is 0 Å². The van der Waals surface area contributed by atoms with Gasteiger partial charge in [0.25, 0.3) is 0 Å². The first-order valence-electron chi connectivity index (χ1n) is 9.13. The van der Waals surface area contributed by atoms with Gasteiger partial charge in [0.2, 0.25) is 5.91 Å². The van der Waals surface area contributed by atoms with Crippen LogP contribution in [0.25, 0.3) is 10.8 Å². The monoisotopic (exact) mass is 362 g/mol. The van der Waals surface area contributed by atoms with Gasteiger partial charge in [-0.25, -0.2) is 0 Å². The topological polar surface area (TPSA) is 41.6 Å². The molecule has 0 spiro atoms. The molecule has 0 radical (unpaired) electrons. The Balaban J connectivity index is 1.71. The van der Waals surface area contributed by atoms with Gasteiger partial charge in [-0.15, -0.1) is 0 Å². The highest BCUT2D eigenvalue weighted by molar-refractivity contribution is 5.90. The molecule has 4 nitrogen and oxygen atoms in total. The number of likely N-dealkylation sites (N-methyl/N-ethyl adjacent to an activating group) is 1. The van der Waals surface area contributed by atoms with Crippen LogP contribution in [-0.4, -0.2) is 38.6 Å². The Kier molecular flexibility index (Phi) is 6.09. The largest absolute Gasteiger partial charge is 0.496 e. The summed E-state index contributed by atoms with van der Waals surface area (Å²) in [6.07, 6.45) is 0.368. The van der Waals surface area contributed by atoms with E-state index in [-0.39, 0.29) is 11.9 Å². The molecule has 3 aromatic carbocycles. The molecule has 4 heteroatoms. The maximum Gasteiger partial charge on any atom is 0.224 e. The summed E-state index contributed by atoms with van der Waals surface area (Å²) >= 11 is 0. The molecule has 0 saturated carbocycles. The molecule has 0 aliphatic heterocycles. The van der Waals surface area contributed by atoms with Gasteiger partial charge in [-0.2, -0.15) is 0 Å². The van der Waals surface area contributed by atoms with E-state index in [0.717, 1.165) is 27.6 Å². The van der Waals surface area contributed by atoms with Crippen LogP contribution in [0.1, 0.15) is 17.2 Å². The third-order valence-electron chi connectivity index (χ3n) is 4.84. The molecule has 0 saturated heterocycles. The molecule has 0 aliphatic carbocycles. The lowest BCUT2D eigenvalue weighted by atomic mass is 10.0. The van der Waals surface area contributed by atoms with Crippen LogP contribution >= 0.6 is 0 Å². The van der Waals surface area contributed by atoms with Crippen LogP contribution in [0.5, 0.6) is 5.75 Å². The summed E-state index contributed by atoms with van der Waals surface area (Å²) in [4.78, 5) is 14.7. The van der Waals surface area contributed by atoms with Crippen molar-refractivity contribution in [3.63, 3.8) is 0 Å². The molecule has 27 heavy (non-hydrogen) atoms. The number of benzene rings is 3. The normalized spacial score (nSPS) is 12.1. The average Bonchev–Trinajstić information content (AvgIpc) is 2.68. The second-order valence-corrected chi connectivity index (χ2v) is 6.84. The summed E-state index contributed by atoms with van der Waals surface area (Å²) in [6, 6.07) is 22.2. The molecule has 3 aromatic rings. The summed E-state index contributed by atoms with van der Waals surface area (Å²) in [5, 5.41) is 5.38. The summed E-state index contributed by atoms with van der Waals surface area (Å²) < 4.78 is 5.49. The van der Waals surface area contributed by atoms with Crippen LogP contribution in [0.4, 0.5) is 0 Å². The van der Waals surface area contributed by atoms with Crippen molar-refractivity contribution in [1.82, 2.24) is 10.2 Å². The number of amides is 1. The van der Waals surface area contributed by atoms with E-state index >= 15 is 0 Å². The Morgan fingerprint density at radius 2 is 1.70 bits per heavy atom. The Bertz CT molecular complexity index is 916. The molecular weight excluding hydrogens is 336 g/mol. The molecule has 140 valence electrons. The van der Waals surface area contributed by atoms with Gasteiger partial charge < -0.3 is 15.0 Å². The Labute approximate surface area is 160 Å². The first kappa shape index (κ1) is 18.9. The van der Waals surface area contributed by atoms with Crippen LogP contribution in [0.3, 0.4) is 0 Å². The zero-order valence-electron chi connectivity index (χ0n) is 16.1. The van der Waals surface area contributed by atoms with Gasteiger partial charge in [-0.05, 0) is 36.5 Å². The Morgan fingerprint density at radius 3 is 2.48 bits per heavy atom. The lowest BCUT2D eigenvalue weighted by Gasteiger charge is -2.26. The Morgan fingerprint density at radius 1 is 1.00 bits per heavy atom. The third kappa shape index (κ3) is 4.47. The molecular formula is C23H26N2O2. The number of carbonyl (C=O) groups is 1.